The van der Waals surface area contributed by atoms with Crippen LogP contribution >= 0.6 is 0 Å². The minimum absolute atomic E-state index is 0.160. The van der Waals surface area contributed by atoms with Crippen LogP contribution in [0.25, 0.3) is 0 Å². The molecule has 0 saturated carbocycles. The second kappa shape index (κ2) is 9.38. The van der Waals surface area contributed by atoms with Gasteiger partial charge in [-0.25, -0.2) is 0 Å². The van der Waals surface area contributed by atoms with Crippen molar-refractivity contribution in [2.24, 2.45) is 11.8 Å². The van der Waals surface area contributed by atoms with Gasteiger partial charge in [-0.1, -0.05) is 13.8 Å². The van der Waals surface area contributed by atoms with E-state index in [1.165, 1.54) is 0 Å². The molecule has 3 rings (SSSR count). The van der Waals surface area contributed by atoms with E-state index >= 15 is 0 Å². The molecule has 0 radical (unpaired) electrons. The van der Waals surface area contributed by atoms with Crippen LogP contribution in [0.1, 0.15) is 37.0 Å². The van der Waals surface area contributed by atoms with Crippen LogP contribution in [0.15, 0.2) is 24.3 Å². The van der Waals surface area contributed by atoms with Gasteiger partial charge in [-0.2, -0.15) is 0 Å². The summed E-state index contributed by atoms with van der Waals surface area (Å²) in [5, 5.41) is 3.48. The summed E-state index contributed by atoms with van der Waals surface area (Å²) in [7, 11) is 0. The zero-order chi connectivity index (χ0) is 18.4. The van der Waals surface area contributed by atoms with Gasteiger partial charge in [0.2, 0.25) is 0 Å². The monoisotopic (exact) mass is 359 g/mol. The van der Waals surface area contributed by atoms with Gasteiger partial charge in [-0.15, -0.1) is 0 Å². The van der Waals surface area contributed by atoms with E-state index in [1.54, 1.807) is 0 Å². The molecule has 0 aliphatic carbocycles. The molecular weight excluding hydrogens is 326 g/mol. The van der Waals surface area contributed by atoms with Crippen LogP contribution in [0.2, 0.25) is 0 Å². The Morgan fingerprint density at radius 1 is 1.12 bits per heavy atom. The van der Waals surface area contributed by atoms with E-state index < -0.39 is 0 Å². The van der Waals surface area contributed by atoms with E-state index in [4.69, 9.17) is 4.74 Å². The molecule has 1 amide bonds. The largest absolute Gasteiger partial charge is 0.492 e. The summed E-state index contributed by atoms with van der Waals surface area (Å²) in [4.78, 5) is 17.2. The lowest BCUT2D eigenvalue weighted by Gasteiger charge is -2.21. The number of benzene rings is 1. The number of carbonyl (C=O) groups excluding carboxylic acids is 1. The lowest BCUT2D eigenvalue weighted by Crippen LogP contribution is -2.32. The molecule has 2 aliphatic rings. The highest BCUT2D eigenvalue weighted by molar-refractivity contribution is 5.94. The van der Waals surface area contributed by atoms with Crippen molar-refractivity contribution in [3.63, 3.8) is 0 Å². The van der Waals surface area contributed by atoms with E-state index in [9.17, 15) is 4.79 Å². The van der Waals surface area contributed by atoms with Gasteiger partial charge in [-0.05, 0) is 75.1 Å². The molecule has 1 aromatic rings. The van der Waals surface area contributed by atoms with Crippen LogP contribution in [0, 0.1) is 11.8 Å². The third-order valence-corrected chi connectivity index (χ3v) is 5.98. The maximum Gasteiger partial charge on any atom is 0.253 e. The zero-order valence-electron chi connectivity index (χ0n) is 16.2. The number of amides is 1. The van der Waals surface area contributed by atoms with Gasteiger partial charge >= 0.3 is 0 Å². The summed E-state index contributed by atoms with van der Waals surface area (Å²) in [6.07, 6.45) is 2.24. The standard InChI is InChI=1S/C21H33N3O2/c1-3-23(4-2)13-14-26-20-7-5-17(6-8-20)21(25)24-11-9-18-15-22-16-19(18)10-12-24/h5-8,18-19,22H,3-4,9-16H2,1-2H3/t18-,19+. The number of hydrogen-bond donors (Lipinski definition) is 1. The van der Waals surface area contributed by atoms with Gasteiger partial charge in [0.25, 0.3) is 5.91 Å². The lowest BCUT2D eigenvalue weighted by molar-refractivity contribution is 0.0758. The number of fused-ring (bicyclic) bond motifs is 1. The predicted octanol–water partition coefficient (Wildman–Crippen LogP) is 2.48. The van der Waals surface area contributed by atoms with E-state index in [0.717, 1.165) is 81.8 Å². The summed E-state index contributed by atoms with van der Waals surface area (Å²) >= 11 is 0. The zero-order valence-corrected chi connectivity index (χ0v) is 16.2. The molecule has 144 valence electrons. The fourth-order valence-corrected chi connectivity index (χ4v) is 4.13. The Kier molecular flexibility index (Phi) is 6.92. The molecule has 2 atom stereocenters. The number of nitrogens with one attached hydrogen (secondary N) is 1. The normalized spacial score (nSPS) is 23.0. The minimum atomic E-state index is 0.160. The number of rotatable bonds is 7. The summed E-state index contributed by atoms with van der Waals surface area (Å²) in [5.41, 5.74) is 0.770. The molecule has 2 fully saturated rings. The van der Waals surface area contributed by atoms with Gasteiger partial charge in [0, 0.05) is 25.2 Å². The van der Waals surface area contributed by atoms with Crippen LogP contribution in [0.4, 0.5) is 0 Å². The highest BCUT2D eigenvalue weighted by Gasteiger charge is 2.31. The summed E-state index contributed by atoms with van der Waals surface area (Å²) in [6.45, 7) is 12.0. The SMILES string of the molecule is CCN(CC)CCOc1ccc(C(=O)N2CC[C@@H]3CNC[C@@H]3CC2)cc1. The number of likely N-dealkylation sites (N-methyl/N-ethyl adjacent to an activating group) is 1. The first-order valence-corrected chi connectivity index (χ1v) is 10.2. The molecule has 2 aliphatic heterocycles. The first-order valence-electron chi connectivity index (χ1n) is 10.2. The van der Waals surface area contributed by atoms with Crippen LogP contribution in [-0.2, 0) is 0 Å². The Labute approximate surface area is 157 Å². The average Bonchev–Trinajstić information content (AvgIpc) is 3.03. The first kappa shape index (κ1) is 19.2. The van der Waals surface area contributed by atoms with E-state index in [0.29, 0.717) is 6.61 Å². The second-order valence-electron chi connectivity index (χ2n) is 7.45. The maximum absolute atomic E-state index is 12.8. The maximum atomic E-state index is 12.8. The molecule has 5 nitrogen and oxygen atoms in total. The quantitative estimate of drug-likeness (QED) is 0.812. The van der Waals surface area contributed by atoms with E-state index in [1.807, 2.05) is 29.2 Å². The third kappa shape index (κ3) is 4.77. The molecular formula is C21H33N3O2. The Morgan fingerprint density at radius 2 is 1.73 bits per heavy atom. The summed E-state index contributed by atoms with van der Waals surface area (Å²) in [6, 6.07) is 7.66. The van der Waals surface area contributed by atoms with E-state index in [-0.39, 0.29) is 5.91 Å². The molecule has 1 N–H and O–H groups in total. The Hall–Kier alpha value is -1.59. The van der Waals surface area contributed by atoms with Crippen molar-refractivity contribution in [3.05, 3.63) is 29.8 Å². The van der Waals surface area contributed by atoms with Crippen LogP contribution < -0.4 is 10.1 Å². The molecule has 26 heavy (non-hydrogen) atoms. The van der Waals surface area contributed by atoms with Crippen molar-refractivity contribution >= 4 is 5.91 Å². The number of ether oxygens (including phenoxy) is 1. The summed E-state index contributed by atoms with van der Waals surface area (Å²) in [5.74, 6) is 2.49. The highest BCUT2D eigenvalue weighted by Crippen LogP contribution is 2.27. The van der Waals surface area contributed by atoms with Crippen LogP contribution in [0.5, 0.6) is 5.75 Å². The minimum Gasteiger partial charge on any atom is -0.492 e. The van der Waals surface area contributed by atoms with Gasteiger partial charge in [-0.3, -0.25) is 4.79 Å². The third-order valence-electron chi connectivity index (χ3n) is 5.98. The van der Waals surface area contributed by atoms with Gasteiger partial charge in [0.05, 0.1) is 0 Å². The highest BCUT2D eigenvalue weighted by atomic mass is 16.5. The van der Waals surface area contributed by atoms with Crippen LogP contribution in [-0.4, -0.2) is 68.1 Å². The number of carbonyl (C=O) groups is 1. The van der Waals surface area contributed by atoms with Crippen molar-refractivity contribution in [2.75, 3.05) is 52.4 Å². The number of nitrogens with zero attached hydrogens (tertiary/aromatic N) is 2. The molecule has 0 bridgehead atoms. The van der Waals surface area contributed by atoms with Crippen molar-refractivity contribution in [1.29, 1.82) is 0 Å². The first-order chi connectivity index (χ1) is 12.7. The molecule has 0 aromatic heterocycles. The molecule has 5 heteroatoms. The van der Waals surface area contributed by atoms with Crippen molar-refractivity contribution < 1.29 is 9.53 Å². The van der Waals surface area contributed by atoms with Crippen molar-refractivity contribution in [2.45, 2.75) is 26.7 Å². The van der Waals surface area contributed by atoms with Crippen molar-refractivity contribution in [3.8, 4) is 5.75 Å². The van der Waals surface area contributed by atoms with Crippen LogP contribution in [0.3, 0.4) is 0 Å². The fourth-order valence-electron chi connectivity index (χ4n) is 4.13. The second-order valence-corrected chi connectivity index (χ2v) is 7.45. The van der Waals surface area contributed by atoms with E-state index in [2.05, 4.69) is 24.1 Å². The molecule has 0 spiro atoms. The van der Waals surface area contributed by atoms with Gasteiger partial charge in [0.15, 0.2) is 0 Å². The lowest BCUT2D eigenvalue weighted by atomic mass is 9.92. The predicted molar refractivity (Wildman–Crippen MR) is 105 cm³/mol. The van der Waals surface area contributed by atoms with Gasteiger partial charge in [0.1, 0.15) is 12.4 Å². The Bertz CT molecular complexity index is 557. The Morgan fingerprint density at radius 3 is 2.31 bits per heavy atom. The average molecular weight is 360 g/mol. The fraction of sp³-hybridized carbons (Fsp3) is 0.667. The van der Waals surface area contributed by atoms with Crippen molar-refractivity contribution in [1.82, 2.24) is 15.1 Å². The topological polar surface area (TPSA) is 44.8 Å². The molecule has 0 unspecified atom stereocenters. The van der Waals surface area contributed by atoms with Gasteiger partial charge < -0.3 is 19.9 Å². The number of hydrogen-bond acceptors (Lipinski definition) is 4. The Balaban J connectivity index is 1.50. The summed E-state index contributed by atoms with van der Waals surface area (Å²) < 4.78 is 5.82. The smallest absolute Gasteiger partial charge is 0.253 e. The molecule has 1 aromatic carbocycles. The molecule has 2 saturated heterocycles. The molecule has 2 heterocycles. The number of likely N-dealkylation sites (tertiary alicyclic amines) is 1.